The molecule has 6 nitrogen and oxygen atoms in total. The zero-order valence-corrected chi connectivity index (χ0v) is 13.4. The topological polar surface area (TPSA) is 69.7 Å². The highest BCUT2D eigenvalue weighted by Gasteiger charge is 2.37. The SMILES string of the molecule is O=C1CN(C(=O)C2CC(=O)N(Cc3ccccc3Cl)C2)CCN1. The van der Waals surface area contributed by atoms with Crippen LogP contribution in [0.3, 0.4) is 0 Å². The van der Waals surface area contributed by atoms with Crippen LogP contribution >= 0.6 is 11.6 Å². The molecule has 1 atom stereocenters. The number of rotatable bonds is 3. The highest BCUT2D eigenvalue weighted by molar-refractivity contribution is 6.31. The number of carbonyl (C=O) groups excluding carboxylic acids is 3. The Kier molecular flexibility index (Phi) is 4.52. The van der Waals surface area contributed by atoms with E-state index in [1.807, 2.05) is 18.2 Å². The van der Waals surface area contributed by atoms with Gasteiger partial charge in [-0.3, -0.25) is 14.4 Å². The lowest BCUT2D eigenvalue weighted by Crippen LogP contribution is -2.51. The Labute approximate surface area is 139 Å². The second-order valence-corrected chi connectivity index (χ2v) is 6.28. The molecule has 3 amide bonds. The molecule has 3 rings (SSSR count). The van der Waals surface area contributed by atoms with Gasteiger partial charge in [-0.25, -0.2) is 0 Å². The van der Waals surface area contributed by atoms with Crippen LogP contribution < -0.4 is 5.32 Å². The van der Waals surface area contributed by atoms with Crippen molar-refractivity contribution in [3.05, 3.63) is 34.9 Å². The van der Waals surface area contributed by atoms with E-state index in [4.69, 9.17) is 11.6 Å². The van der Waals surface area contributed by atoms with E-state index in [1.54, 1.807) is 11.0 Å². The van der Waals surface area contributed by atoms with Crippen molar-refractivity contribution in [3.8, 4) is 0 Å². The summed E-state index contributed by atoms with van der Waals surface area (Å²) >= 11 is 6.13. The number of piperazine rings is 1. The van der Waals surface area contributed by atoms with Crippen molar-refractivity contribution in [2.75, 3.05) is 26.2 Å². The molecule has 2 fully saturated rings. The van der Waals surface area contributed by atoms with Gasteiger partial charge in [-0.15, -0.1) is 0 Å². The smallest absolute Gasteiger partial charge is 0.239 e. The molecule has 2 saturated heterocycles. The fourth-order valence-corrected chi connectivity index (χ4v) is 3.20. The molecule has 0 saturated carbocycles. The first-order chi connectivity index (χ1) is 11.0. The quantitative estimate of drug-likeness (QED) is 0.881. The number of carbonyl (C=O) groups is 3. The summed E-state index contributed by atoms with van der Waals surface area (Å²) in [6.07, 6.45) is 0.196. The summed E-state index contributed by atoms with van der Waals surface area (Å²) in [4.78, 5) is 39.3. The van der Waals surface area contributed by atoms with Crippen LogP contribution in [0.5, 0.6) is 0 Å². The molecule has 122 valence electrons. The lowest BCUT2D eigenvalue weighted by molar-refractivity contribution is -0.141. The van der Waals surface area contributed by atoms with Crippen LogP contribution in [0.2, 0.25) is 5.02 Å². The van der Waals surface area contributed by atoms with Gasteiger partial charge in [0.15, 0.2) is 0 Å². The number of benzene rings is 1. The number of nitrogens with one attached hydrogen (secondary N) is 1. The van der Waals surface area contributed by atoms with E-state index in [-0.39, 0.29) is 36.6 Å². The zero-order chi connectivity index (χ0) is 16.4. The summed E-state index contributed by atoms with van der Waals surface area (Å²) in [5.74, 6) is -0.697. The molecule has 23 heavy (non-hydrogen) atoms. The second-order valence-electron chi connectivity index (χ2n) is 5.88. The van der Waals surface area contributed by atoms with E-state index in [1.165, 1.54) is 4.90 Å². The van der Waals surface area contributed by atoms with Crippen LogP contribution in [0.1, 0.15) is 12.0 Å². The van der Waals surface area contributed by atoms with E-state index in [2.05, 4.69) is 5.32 Å². The minimum absolute atomic E-state index is 0.0512. The van der Waals surface area contributed by atoms with Crippen LogP contribution in [0.4, 0.5) is 0 Å². The predicted octanol–water partition coefficient (Wildman–Crippen LogP) is 0.647. The standard InChI is InChI=1S/C16H18ClN3O3/c17-13-4-2-1-3-11(13)8-20-9-12(7-15(20)22)16(23)19-6-5-18-14(21)10-19/h1-4,12H,5-10H2,(H,18,21). The Morgan fingerprint density at radius 2 is 2.09 bits per heavy atom. The van der Waals surface area contributed by atoms with Gasteiger partial charge in [0.2, 0.25) is 17.7 Å². The van der Waals surface area contributed by atoms with E-state index in [0.29, 0.717) is 31.2 Å². The molecule has 1 aromatic rings. The Balaban J connectivity index is 1.64. The fourth-order valence-electron chi connectivity index (χ4n) is 3.01. The molecule has 0 aliphatic carbocycles. The Bertz CT molecular complexity index is 649. The minimum Gasteiger partial charge on any atom is -0.353 e. The maximum atomic E-state index is 12.5. The number of hydrogen-bond acceptors (Lipinski definition) is 3. The first-order valence-electron chi connectivity index (χ1n) is 7.61. The molecule has 1 N–H and O–H groups in total. The van der Waals surface area contributed by atoms with Crippen LogP contribution in [-0.4, -0.2) is 53.7 Å². The maximum absolute atomic E-state index is 12.5. The Morgan fingerprint density at radius 1 is 1.30 bits per heavy atom. The number of nitrogens with zero attached hydrogens (tertiary/aromatic N) is 2. The van der Waals surface area contributed by atoms with Crippen molar-refractivity contribution < 1.29 is 14.4 Å². The molecule has 2 aliphatic rings. The summed E-state index contributed by atoms with van der Waals surface area (Å²) in [6.45, 7) is 1.83. The molecular weight excluding hydrogens is 318 g/mol. The van der Waals surface area contributed by atoms with Crippen LogP contribution in [0, 0.1) is 5.92 Å². The number of halogens is 1. The Hall–Kier alpha value is -2.08. The van der Waals surface area contributed by atoms with E-state index in [9.17, 15) is 14.4 Å². The van der Waals surface area contributed by atoms with E-state index in [0.717, 1.165) is 5.56 Å². The number of amides is 3. The molecule has 0 aromatic heterocycles. The van der Waals surface area contributed by atoms with Gasteiger partial charge in [0.25, 0.3) is 0 Å². The van der Waals surface area contributed by atoms with Gasteiger partial charge in [-0.05, 0) is 11.6 Å². The van der Waals surface area contributed by atoms with Crippen molar-refractivity contribution in [2.45, 2.75) is 13.0 Å². The van der Waals surface area contributed by atoms with Crippen molar-refractivity contribution in [3.63, 3.8) is 0 Å². The maximum Gasteiger partial charge on any atom is 0.239 e. The van der Waals surface area contributed by atoms with Gasteiger partial charge in [-0.1, -0.05) is 29.8 Å². The van der Waals surface area contributed by atoms with Gasteiger partial charge >= 0.3 is 0 Å². The zero-order valence-electron chi connectivity index (χ0n) is 12.6. The van der Waals surface area contributed by atoms with Gasteiger partial charge < -0.3 is 15.1 Å². The first-order valence-corrected chi connectivity index (χ1v) is 7.99. The largest absolute Gasteiger partial charge is 0.353 e. The summed E-state index contributed by atoms with van der Waals surface area (Å²) in [5, 5.41) is 3.30. The summed E-state index contributed by atoms with van der Waals surface area (Å²) in [7, 11) is 0. The first kappa shape index (κ1) is 15.8. The fraction of sp³-hybridized carbons (Fsp3) is 0.438. The Morgan fingerprint density at radius 3 is 2.83 bits per heavy atom. The molecule has 0 bridgehead atoms. The van der Waals surface area contributed by atoms with Crippen LogP contribution in [0.15, 0.2) is 24.3 Å². The summed E-state index contributed by atoms with van der Waals surface area (Å²) in [5.41, 5.74) is 0.868. The third-order valence-corrected chi connectivity index (χ3v) is 4.60. The van der Waals surface area contributed by atoms with E-state index < -0.39 is 0 Å². The average molecular weight is 336 g/mol. The predicted molar refractivity (Wildman–Crippen MR) is 84.6 cm³/mol. The number of hydrogen-bond donors (Lipinski definition) is 1. The molecule has 0 radical (unpaired) electrons. The van der Waals surface area contributed by atoms with Gasteiger partial charge in [-0.2, -0.15) is 0 Å². The van der Waals surface area contributed by atoms with Gasteiger partial charge in [0, 0.05) is 37.6 Å². The highest BCUT2D eigenvalue weighted by Crippen LogP contribution is 2.24. The summed E-state index contributed by atoms with van der Waals surface area (Å²) < 4.78 is 0. The van der Waals surface area contributed by atoms with Gasteiger partial charge in [0.1, 0.15) is 0 Å². The van der Waals surface area contributed by atoms with E-state index >= 15 is 0 Å². The van der Waals surface area contributed by atoms with Crippen molar-refractivity contribution in [1.82, 2.24) is 15.1 Å². The lowest BCUT2D eigenvalue weighted by Gasteiger charge is -2.28. The molecule has 1 unspecified atom stereocenters. The molecule has 1 aromatic carbocycles. The van der Waals surface area contributed by atoms with Gasteiger partial charge in [0.05, 0.1) is 12.5 Å². The van der Waals surface area contributed by atoms with Crippen molar-refractivity contribution >= 4 is 29.3 Å². The molecular formula is C16H18ClN3O3. The molecule has 7 heteroatoms. The minimum atomic E-state index is -0.379. The molecule has 2 heterocycles. The average Bonchev–Trinajstić information content (AvgIpc) is 2.90. The second kappa shape index (κ2) is 6.58. The molecule has 2 aliphatic heterocycles. The third-order valence-electron chi connectivity index (χ3n) is 4.23. The lowest BCUT2D eigenvalue weighted by atomic mass is 10.1. The summed E-state index contributed by atoms with van der Waals surface area (Å²) in [6, 6.07) is 7.37. The van der Waals surface area contributed by atoms with Crippen molar-refractivity contribution in [2.24, 2.45) is 5.92 Å². The monoisotopic (exact) mass is 335 g/mol. The highest BCUT2D eigenvalue weighted by atomic mass is 35.5. The number of likely N-dealkylation sites (tertiary alicyclic amines) is 1. The van der Waals surface area contributed by atoms with Crippen molar-refractivity contribution in [1.29, 1.82) is 0 Å². The normalized spacial score (nSPS) is 21.5. The molecule has 0 spiro atoms. The van der Waals surface area contributed by atoms with Crippen LogP contribution in [0.25, 0.3) is 0 Å². The third kappa shape index (κ3) is 3.47. The van der Waals surface area contributed by atoms with Crippen LogP contribution in [-0.2, 0) is 20.9 Å².